The molecule has 0 saturated carbocycles. The third-order valence-corrected chi connectivity index (χ3v) is 1.37. The Hall–Kier alpha value is -1.16. The van der Waals surface area contributed by atoms with Crippen LogP contribution in [0.3, 0.4) is 0 Å². The summed E-state index contributed by atoms with van der Waals surface area (Å²) in [7, 11) is 0. The molecular formula is C9H16N2O2. The van der Waals surface area contributed by atoms with Crippen LogP contribution in [-0.4, -0.2) is 27.3 Å². The Morgan fingerprint density at radius 1 is 1.62 bits per heavy atom. The average Bonchev–Trinajstić information content (AvgIpc) is 2.57. The van der Waals surface area contributed by atoms with Crippen molar-refractivity contribution in [3.05, 3.63) is 18.0 Å². The van der Waals surface area contributed by atoms with E-state index in [1.807, 2.05) is 13.8 Å². The number of aliphatic hydroxyl groups excluding tert-OH is 1. The molecule has 0 aliphatic rings. The second-order valence-electron chi connectivity index (χ2n) is 2.27. The van der Waals surface area contributed by atoms with Crippen LogP contribution < -0.4 is 0 Å². The summed E-state index contributed by atoms with van der Waals surface area (Å²) in [5.41, 5.74) is 0.582. The lowest BCUT2D eigenvalue weighted by atomic mass is 10.3. The first kappa shape index (κ1) is 11.8. The zero-order valence-corrected chi connectivity index (χ0v) is 8.32. The lowest BCUT2D eigenvalue weighted by Crippen LogP contribution is -2.01. The molecule has 0 saturated heterocycles. The average molecular weight is 184 g/mol. The van der Waals surface area contributed by atoms with E-state index in [1.165, 1.54) is 17.8 Å². The topological polar surface area (TPSA) is 55.1 Å². The molecule has 1 aromatic heterocycles. The van der Waals surface area contributed by atoms with Gasteiger partial charge in [-0.15, -0.1) is 0 Å². The maximum Gasteiger partial charge on any atom is 0.162 e. The highest BCUT2D eigenvalue weighted by Gasteiger charge is 2.01. The molecule has 0 aromatic carbocycles. The molecule has 0 aliphatic carbocycles. The molecule has 0 fully saturated rings. The third-order valence-electron chi connectivity index (χ3n) is 1.37. The minimum Gasteiger partial charge on any atom is -0.394 e. The van der Waals surface area contributed by atoms with Crippen LogP contribution in [0, 0.1) is 0 Å². The zero-order chi connectivity index (χ0) is 10.3. The molecule has 74 valence electrons. The quantitative estimate of drug-likeness (QED) is 0.716. The van der Waals surface area contributed by atoms with Crippen molar-refractivity contribution in [3.8, 4) is 0 Å². The normalized spacial score (nSPS) is 8.92. The van der Waals surface area contributed by atoms with Crippen LogP contribution in [-0.2, 0) is 6.54 Å². The van der Waals surface area contributed by atoms with Gasteiger partial charge in [0.05, 0.1) is 24.9 Å². The second-order valence-corrected chi connectivity index (χ2v) is 2.27. The van der Waals surface area contributed by atoms with Gasteiger partial charge in [0.1, 0.15) is 0 Å². The van der Waals surface area contributed by atoms with Crippen molar-refractivity contribution in [1.82, 2.24) is 9.78 Å². The highest BCUT2D eigenvalue weighted by Crippen LogP contribution is 1.97. The van der Waals surface area contributed by atoms with E-state index < -0.39 is 0 Å². The van der Waals surface area contributed by atoms with Gasteiger partial charge in [-0.3, -0.25) is 9.48 Å². The van der Waals surface area contributed by atoms with E-state index >= 15 is 0 Å². The van der Waals surface area contributed by atoms with Gasteiger partial charge in [0, 0.05) is 6.20 Å². The largest absolute Gasteiger partial charge is 0.394 e. The highest BCUT2D eigenvalue weighted by atomic mass is 16.3. The summed E-state index contributed by atoms with van der Waals surface area (Å²) in [6.07, 6.45) is 3.12. The number of aliphatic hydroxyl groups is 1. The maximum absolute atomic E-state index is 10.7. The number of nitrogens with zero attached hydrogens (tertiary/aromatic N) is 2. The predicted molar refractivity (Wildman–Crippen MR) is 50.7 cm³/mol. The van der Waals surface area contributed by atoms with E-state index in [2.05, 4.69) is 5.10 Å². The van der Waals surface area contributed by atoms with Crippen LogP contribution >= 0.6 is 0 Å². The second kappa shape index (κ2) is 6.37. The number of carbonyl (C=O) groups is 1. The molecule has 0 amide bonds. The van der Waals surface area contributed by atoms with E-state index in [9.17, 15) is 4.79 Å². The van der Waals surface area contributed by atoms with Gasteiger partial charge in [0.25, 0.3) is 0 Å². The van der Waals surface area contributed by atoms with Crippen molar-refractivity contribution in [2.75, 3.05) is 6.61 Å². The molecule has 0 aliphatic heterocycles. The first-order chi connectivity index (χ1) is 6.24. The smallest absolute Gasteiger partial charge is 0.162 e. The van der Waals surface area contributed by atoms with Crippen LogP contribution in [0.25, 0.3) is 0 Å². The SMILES string of the molecule is CC.CC(=O)c1cnn(CCO)c1. The van der Waals surface area contributed by atoms with Gasteiger partial charge >= 0.3 is 0 Å². The first-order valence-electron chi connectivity index (χ1n) is 4.38. The Morgan fingerprint density at radius 2 is 2.23 bits per heavy atom. The predicted octanol–water partition coefficient (Wildman–Crippen LogP) is 1.10. The Bertz CT molecular complexity index is 256. The molecule has 13 heavy (non-hydrogen) atoms. The monoisotopic (exact) mass is 184 g/mol. The summed E-state index contributed by atoms with van der Waals surface area (Å²) >= 11 is 0. The van der Waals surface area contributed by atoms with Gasteiger partial charge in [-0.05, 0) is 6.92 Å². The molecule has 1 aromatic rings. The number of ketones is 1. The van der Waals surface area contributed by atoms with E-state index in [-0.39, 0.29) is 12.4 Å². The van der Waals surface area contributed by atoms with Crippen LogP contribution in [0.15, 0.2) is 12.4 Å². The maximum atomic E-state index is 10.7. The molecule has 0 atom stereocenters. The van der Waals surface area contributed by atoms with Crippen LogP contribution in [0.4, 0.5) is 0 Å². The van der Waals surface area contributed by atoms with Gasteiger partial charge in [0.2, 0.25) is 0 Å². The zero-order valence-electron chi connectivity index (χ0n) is 8.32. The Kier molecular flexibility index (Phi) is 5.80. The highest BCUT2D eigenvalue weighted by molar-refractivity contribution is 5.93. The molecule has 4 nitrogen and oxygen atoms in total. The van der Waals surface area contributed by atoms with E-state index in [0.29, 0.717) is 12.1 Å². The number of hydrogen-bond acceptors (Lipinski definition) is 3. The van der Waals surface area contributed by atoms with Gasteiger partial charge in [-0.1, -0.05) is 13.8 Å². The molecular weight excluding hydrogens is 168 g/mol. The van der Waals surface area contributed by atoms with Crippen LogP contribution in [0.5, 0.6) is 0 Å². The molecule has 1 rings (SSSR count). The molecule has 0 unspecified atom stereocenters. The van der Waals surface area contributed by atoms with Crippen molar-refractivity contribution in [1.29, 1.82) is 0 Å². The summed E-state index contributed by atoms with van der Waals surface area (Å²) in [5.74, 6) is -0.00538. The van der Waals surface area contributed by atoms with E-state index in [0.717, 1.165) is 0 Å². The number of hydrogen-bond donors (Lipinski definition) is 1. The summed E-state index contributed by atoms with van der Waals surface area (Å²) < 4.78 is 1.54. The summed E-state index contributed by atoms with van der Waals surface area (Å²) in [5, 5.41) is 12.4. The molecule has 1 heterocycles. The summed E-state index contributed by atoms with van der Waals surface area (Å²) in [6, 6.07) is 0. The van der Waals surface area contributed by atoms with Crippen molar-refractivity contribution >= 4 is 5.78 Å². The standard InChI is InChI=1S/C7H10N2O2.C2H6/c1-6(11)7-4-8-9(5-7)2-3-10;1-2/h4-5,10H,2-3H2,1H3;1-2H3. The molecule has 0 spiro atoms. The fourth-order valence-electron chi connectivity index (χ4n) is 0.770. The third kappa shape index (κ3) is 3.85. The number of Topliss-reactive ketones (excluding diaryl/α,β-unsaturated/α-hetero) is 1. The Balaban J connectivity index is 0.000000671. The van der Waals surface area contributed by atoms with Crippen molar-refractivity contribution < 1.29 is 9.90 Å². The lowest BCUT2D eigenvalue weighted by molar-refractivity contribution is 0.101. The first-order valence-corrected chi connectivity index (χ1v) is 4.38. The van der Waals surface area contributed by atoms with Crippen molar-refractivity contribution in [2.24, 2.45) is 0 Å². The minimum atomic E-state index is -0.00538. The lowest BCUT2D eigenvalue weighted by Gasteiger charge is -1.93. The van der Waals surface area contributed by atoms with Crippen molar-refractivity contribution in [3.63, 3.8) is 0 Å². The summed E-state index contributed by atoms with van der Waals surface area (Å²) in [4.78, 5) is 10.7. The molecule has 1 N–H and O–H groups in total. The number of aromatic nitrogens is 2. The summed E-state index contributed by atoms with van der Waals surface area (Å²) in [6.45, 7) is 5.96. The van der Waals surface area contributed by atoms with Gasteiger partial charge in [0.15, 0.2) is 5.78 Å². The fourth-order valence-corrected chi connectivity index (χ4v) is 0.770. The molecule has 0 radical (unpaired) electrons. The van der Waals surface area contributed by atoms with Crippen molar-refractivity contribution in [2.45, 2.75) is 27.3 Å². The molecule has 4 heteroatoms. The van der Waals surface area contributed by atoms with Crippen LogP contribution in [0.1, 0.15) is 31.1 Å². The van der Waals surface area contributed by atoms with E-state index in [4.69, 9.17) is 5.11 Å². The van der Waals surface area contributed by atoms with Gasteiger partial charge < -0.3 is 5.11 Å². The Labute approximate surface area is 78.2 Å². The van der Waals surface area contributed by atoms with Crippen LogP contribution in [0.2, 0.25) is 0 Å². The number of rotatable bonds is 3. The minimum absolute atomic E-state index is 0.00538. The van der Waals surface area contributed by atoms with Gasteiger partial charge in [-0.25, -0.2) is 0 Å². The van der Waals surface area contributed by atoms with E-state index in [1.54, 1.807) is 6.20 Å². The molecule has 0 bridgehead atoms. The Morgan fingerprint density at radius 3 is 2.62 bits per heavy atom. The van der Waals surface area contributed by atoms with Gasteiger partial charge in [-0.2, -0.15) is 5.10 Å². The fraction of sp³-hybridized carbons (Fsp3) is 0.556. The number of carbonyl (C=O) groups excluding carboxylic acids is 1.